The quantitative estimate of drug-likeness (QED) is 0.430. The summed E-state index contributed by atoms with van der Waals surface area (Å²) in [6.45, 7) is 6.66. The normalized spacial score (nSPS) is 34.2. The molecule has 1 atom stereocenters. The summed E-state index contributed by atoms with van der Waals surface area (Å²) in [4.78, 5) is 0. The van der Waals surface area contributed by atoms with Gasteiger partial charge in [-0.25, -0.2) is 0 Å². The van der Waals surface area contributed by atoms with Crippen LogP contribution in [0.2, 0.25) is 0 Å². The van der Waals surface area contributed by atoms with Gasteiger partial charge < -0.3 is 11.5 Å². The topological polar surface area (TPSA) is 52.0 Å². The van der Waals surface area contributed by atoms with Crippen LogP contribution in [0.3, 0.4) is 0 Å². The van der Waals surface area contributed by atoms with Gasteiger partial charge in [-0.05, 0) is 17.8 Å². The molecule has 0 amide bonds. The van der Waals surface area contributed by atoms with Crippen LogP contribution in [-0.2, 0) is 0 Å². The lowest BCUT2D eigenvalue weighted by molar-refractivity contribution is 0.0998. The lowest BCUT2D eigenvalue weighted by Gasteiger charge is -2.43. The maximum Gasteiger partial charge on any atom is 0.0691 e. The van der Waals surface area contributed by atoms with Crippen molar-refractivity contribution in [2.75, 3.05) is 0 Å². The second kappa shape index (κ2) is 3.00. The molecule has 0 aliphatic heterocycles. The van der Waals surface area contributed by atoms with Gasteiger partial charge in [-0.1, -0.05) is 40.0 Å². The molecule has 4 N–H and O–H groups in total. The van der Waals surface area contributed by atoms with Crippen LogP contribution in [0.25, 0.3) is 0 Å². The van der Waals surface area contributed by atoms with Crippen molar-refractivity contribution in [1.82, 2.24) is 0 Å². The molecule has 0 saturated heterocycles. The molecule has 2 heteroatoms. The molecule has 0 aromatic rings. The molecule has 2 nitrogen and oxygen atoms in total. The highest BCUT2D eigenvalue weighted by Crippen LogP contribution is 2.41. The second-order valence-corrected chi connectivity index (χ2v) is 4.91. The minimum Gasteiger partial charge on any atom is -0.313 e. The summed E-state index contributed by atoms with van der Waals surface area (Å²) in [5, 5.41) is 0. The first-order valence-corrected chi connectivity index (χ1v) is 4.96. The van der Waals surface area contributed by atoms with E-state index in [-0.39, 0.29) is 5.41 Å². The molecule has 0 spiro atoms. The molecule has 1 aliphatic carbocycles. The fraction of sp³-hybridized carbons (Fsp3) is 1.00. The van der Waals surface area contributed by atoms with Gasteiger partial charge in [0.1, 0.15) is 0 Å². The molecule has 72 valence electrons. The van der Waals surface area contributed by atoms with Crippen LogP contribution >= 0.6 is 0 Å². The van der Waals surface area contributed by atoms with E-state index in [0.717, 1.165) is 6.42 Å². The van der Waals surface area contributed by atoms with Gasteiger partial charge in [0.2, 0.25) is 0 Å². The van der Waals surface area contributed by atoms with Crippen LogP contribution in [0.1, 0.15) is 46.5 Å². The van der Waals surface area contributed by atoms with Gasteiger partial charge in [-0.15, -0.1) is 0 Å². The Kier molecular flexibility index (Phi) is 2.50. The molecule has 12 heavy (non-hydrogen) atoms. The van der Waals surface area contributed by atoms with Gasteiger partial charge in [0, 0.05) is 0 Å². The number of nitrogens with two attached hydrogens (primary N) is 2. The Morgan fingerprint density at radius 3 is 2.33 bits per heavy atom. The van der Waals surface area contributed by atoms with E-state index >= 15 is 0 Å². The molecule has 0 aromatic carbocycles. The zero-order valence-electron chi connectivity index (χ0n) is 8.56. The highest BCUT2D eigenvalue weighted by molar-refractivity contribution is 4.97. The Morgan fingerprint density at radius 1 is 1.17 bits per heavy atom. The number of hydrogen-bond donors (Lipinski definition) is 2. The second-order valence-electron chi connectivity index (χ2n) is 4.91. The highest BCUT2D eigenvalue weighted by Gasteiger charge is 2.43. The average Bonchev–Trinajstić information content (AvgIpc) is 2.02. The van der Waals surface area contributed by atoms with Gasteiger partial charge in [0.25, 0.3) is 0 Å². The van der Waals surface area contributed by atoms with Crippen LogP contribution in [0.15, 0.2) is 0 Å². The largest absolute Gasteiger partial charge is 0.313 e. The van der Waals surface area contributed by atoms with E-state index in [0.29, 0.717) is 5.92 Å². The molecule has 0 radical (unpaired) electrons. The first-order chi connectivity index (χ1) is 5.38. The zero-order valence-corrected chi connectivity index (χ0v) is 8.56. The third-order valence-corrected chi connectivity index (χ3v) is 3.91. The van der Waals surface area contributed by atoms with Crippen LogP contribution in [0.5, 0.6) is 0 Å². The fourth-order valence-electron chi connectivity index (χ4n) is 2.01. The van der Waals surface area contributed by atoms with Crippen molar-refractivity contribution in [1.29, 1.82) is 0 Å². The summed E-state index contributed by atoms with van der Waals surface area (Å²) >= 11 is 0. The van der Waals surface area contributed by atoms with Crippen molar-refractivity contribution in [3.8, 4) is 0 Å². The lowest BCUT2D eigenvalue weighted by atomic mass is 9.69. The van der Waals surface area contributed by atoms with Gasteiger partial charge in [-0.3, -0.25) is 0 Å². The maximum atomic E-state index is 6.12. The van der Waals surface area contributed by atoms with Crippen molar-refractivity contribution < 1.29 is 0 Å². The molecule has 0 bridgehead atoms. The van der Waals surface area contributed by atoms with E-state index in [9.17, 15) is 0 Å². The van der Waals surface area contributed by atoms with E-state index < -0.39 is 5.66 Å². The summed E-state index contributed by atoms with van der Waals surface area (Å²) < 4.78 is 0. The summed E-state index contributed by atoms with van der Waals surface area (Å²) in [5.41, 5.74) is 11.9. The Labute approximate surface area is 75.7 Å². The molecule has 0 aromatic heterocycles. The molecule has 1 rings (SSSR count). The first-order valence-electron chi connectivity index (χ1n) is 4.96. The standard InChI is InChI=1S/C10H22N2/c1-8-6-4-5-7-10(11,12)9(8,2)3/h8H,4-7,11-12H2,1-3H3. The predicted octanol–water partition coefficient (Wildman–Crippen LogP) is 1.84. The van der Waals surface area contributed by atoms with Gasteiger partial charge >= 0.3 is 0 Å². The number of hydrogen-bond acceptors (Lipinski definition) is 2. The molecular formula is C10H22N2. The fourth-order valence-corrected chi connectivity index (χ4v) is 2.01. The summed E-state index contributed by atoms with van der Waals surface area (Å²) in [6.07, 6.45) is 4.69. The van der Waals surface area contributed by atoms with Crippen molar-refractivity contribution in [3.63, 3.8) is 0 Å². The summed E-state index contributed by atoms with van der Waals surface area (Å²) in [7, 11) is 0. The van der Waals surface area contributed by atoms with E-state index in [2.05, 4.69) is 20.8 Å². The maximum absolute atomic E-state index is 6.12. The van der Waals surface area contributed by atoms with Crippen LogP contribution in [0.4, 0.5) is 0 Å². The van der Waals surface area contributed by atoms with Crippen LogP contribution < -0.4 is 11.5 Å². The minimum absolute atomic E-state index is 0.0729. The van der Waals surface area contributed by atoms with Crippen molar-refractivity contribution >= 4 is 0 Å². The van der Waals surface area contributed by atoms with Crippen LogP contribution in [0, 0.1) is 11.3 Å². The Bertz CT molecular complexity index is 161. The molecule has 0 heterocycles. The van der Waals surface area contributed by atoms with Crippen molar-refractivity contribution in [2.45, 2.75) is 52.1 Å². The number of rotatable bonds is 0. The smallest absolute Gasteiger partial charge is 0.0691 e. The lowest BCUT2D eigenvalue weighted by Crippen LogP contribution is -2.61. The van der Waals surface area contributed by atoms with E-state index in [4.69, 9.17) is 11.5 Å². The van der Waals surface area contributed by atoms with E-state index in [1.165, 1.54) is 19.3 Å². The monoisotopic (exact) mass is 170 g/mol. The van der Waals surface area contributed by atoms with Gasteiger partial charge in [0.15, 0.2) is 0 Å². The molecule has 1 saturated carbocycles. The molecule has 1 unspecified atom stereocenters. The highest BCUT2D eigenvalue weighted by atomic mass is 15.0. The van der Waals surface area contributed by atoms with Gasteiger partial charge in [-0.2, -0.15) is 0 Å². The molecular weight excluding hydrogens is 148 g/mol. The van der Waals surface area contributed by atoms with Crippen molar-refractivity contribution in [3.05, 3.63) is 0 Å². The minimum atomic E-state index is -0.469. The van der Waals surface area contributed by atoms with Crippen LogP contribution in [-0.4, -0.2) is 5.66 Å². The predicted molar refractivity (Wildman–Crippen MR) is 52.5 cm³/mol. The van der Waals surface area contributed by atoms with Crippen molar-refractivity contribution in [2.24, 2.45) is 22.8 Å². The molecule has 1 fully saturated rings. The Balaban J connectivity index is 2.86. The molecule has 1 aliphatic rings. The SMILES string of the molecule is CC1CCCCC(N)(N)C1(C)C. The van der Waals surface area contributed by atoms with Gasteiger partial charge in [0.05, 0.1) is 5.66 Å². The zero-order chi connectivity index (χ0) is 9.41. The summed E-state index contributed by atoms with van der Waals surface area (Å²) in [6, 6.07) is 0. The van der Waals surface area contributed by atoms with E-state index in [1.54, 1.807) is 0 Å². The van der Waals surface area contributed by atoms with E-state index in [1.807, 2.05) is 0 Å². The summed E-state index contributed by atoms with van der Waals surface area (Å²) in [5.74, 6) is 0.634. The Morgan fingerprint density at radius 2 is 1.75 bits per heavy atom. The third kappa shape index (κ3) is 1.50. The first kappa shape index (κ1) is 10.0. The third-order valence-electron chi connectivity index (χ3n) is 3.91. The Hall–Kier alpha value is -0.0800. The average molecular weight is 170 g/mol.